The number of nitrogens with zero attached hydrogens (tertiary/aromatic N) is 1. The Morgan fingerprint density at radius 3 is 2.50 bits per heavy atom. The van der Waals surface area contributed by atoms with E-state index in [9.17, 15) is 14.9 Å². The molecule has 1 rings (SSSR count). The predicted octanol–water partition coefficient (Wildman–Crippen LogP) is 2.66. The summed E-state index contributed by atoms with van der Waals surface area (Å²) in [5.41, 5.74) is 0.432. The smallest absolute Gasteiger partial charge is 0.293 e. The minimum absolute atomic E-state index is 0.0999. The van der Waals surface area contributed by atoms with E-state index in [1.54, 1.807) is 13.1 Å². The Labute approximate surface area is 118 Å². The molecule has 0 aromatic heterocycles. The lowest BCUT2D eigenvalue weighted by molar-refractivity contribution is -0.384. The minimum Gasteiger partial charge on any atom is -0.382 e. The number of hydrogen-bond acceptors (Lipinski definition) is 4. The van der Waals surface area contributed by atoms with E-state index < -0.39 is 4.92 Å². The number of amides is 1. The van der Waals surface area contributed by atoms with E-state index in [0.717, 1.165) is 0 Å². The van der Waals surface area contributed by atoms with E-state index in [4.69, 9.17) is 0 Å². The molecule has 0 bridgehead atoms. The zero-order chi connectivity index (χ0) is 15.3. The zero-order valence-corrected chi connectivity index (χ0v) is 12.3. The number of carbonyl (C=O) groups excluding carboxylic acids is 1. The van der Waals surface area contributed by atoms with Gasteiger partial charge in [0.15, 0.2) is 0 Å². The average Bonchev–Trinajstić information content (AvgIpc) is 2.42. The predicted molar refractivity (Wildman–Crippen MR) is 79.0 cm³/mol. The summed E-state index contributed by atoms with van der Waals surface area (Å²) in [4.78, 5) is 22.6. The molecular weight excluding hydrogens is 258 g/mol. The highest BCUT2D eigenvalue weighted by Gasteiger charge is 2.20. The maximum atomic E-state index is 12.2. The molecule has 0 aliphatic carbocycles. The first-order valence-electron chi connectivity index (χ1n) is 6.61. The quantitative estimate of drug-likeness (QED) is 0.619. The van der Waals surface area contributed by atoms with Crippen molar-refractivity contribution < 1.29 is 9.72 Å². The summed E-state index contributed by atoms with van der Waals surface area (Å²) in [5.74, 6) is 0.505. The van der Waals surface area contributed by atoms with Crippen LogP contribution >= 0.6 is 0 Å². The van der Waals surface area contributed by atoms with Gasteiger partial charge in [-0.15, -0.1) is 0 Å². The van der Waals surface area contributed by atoms with Crippen LogP contribution in [-0.2, 0) is 0 Å². The molecule has 1 aromatic carbocycles. The van der Waals surface area contributed by atoms with E-state index in [0.29, 0.717) is 18.4 Å². The standard InChI is InChI=1S/C14H21N3O3/c1-9(2)10(3)8-16-14(18)11-6-5-7-12(17(19)20)13(11)15-4/h5-7,9-10,15H,8H2,1-4H3,(H,16,18). The summed E-state index contributed by atoms with van der Waals surface area (Å²) in [7, 11) is 1.57. The van der Waals surface area contributed by atoms with Crippen molar-refractivity contribution in [3.8, 4) is 0 Å². The fourth-order valence-electron chi connectivity index (χ4n) is 1.73. The second kappa shape index (κ2) is 6.88. The summed E-state index contributed by atoms with van der Waals surface area (Å²) in [6.45, 7) is 6.77. The fraction of sp³-hybridized carbons (Fsp3) is 0.500. The Bertz CT molecular complexity index is 500. The first-order chi connectivity index (χ1) is 9.38. The molecule has 0 aliphatic rings. The molecule has 0 aliphatic heterocycles. The number of nitrogens with one attached hydrogen (secondary N) is 2. The summed E-state index contributed by atoms with van der Waals surface area (Å²) in [5, 5.41) is 16.5. The molecule has 0 saturated heterocycles. The number of anilines is 1. The van der Waals surface area contributed by atoms with Gasteiger partial charge in [0.25, 0.3) is 11.6 Å². The van der Waals surface area contributed by atoms with Crippen LogP contribution in [0.15, 0.2) is 18.2 Å². The molecule has 0 fully saturated rings. The van der Waals surface area contributed by atoms with Gasteiger partial charge in [0.2, 0.25) is 0 Å². The lowest BCUT2D eigenvalue weighted by atomic mass is 9.98. The molecule has 6 nitrogen and oxygen atoms in total. The number of hydrogen-bond donors (Lipinski definition) is 2. The van der Waals surface area contributed by atoms with Crippen LogP contribution in [0, 0.1) is 22.0 Å². The van der Waals surface area contributed by atoms with Gasteiger partial charge in [-0.25, -0.2) is 0 Å². The molecule has 1 amide bonds. The van der Waals surface area contributed by atoms with E-state index in [2.05, 4.69) is 31.4 Å². The second-order valence-corrected chi connectivity index (χ2v) is 5.14. The van der Waals surface area contributed by atoms with Gasteiger partial charge in [-0.3, -0.25) is 14.9 Å². The Kier molecular flexibility index (Phi) is 5.49. The first kappa shape index (κ1) is 15.9. The number of para-hydroxylation sites is 1. The van der Waals surface area contributed by atoms with Crippen LogP contribution in [0.3, 0.4) is 0 Å². The molecule has 0 spiro atoms. The lowest BCUT2D eigenvalue weighted by Gasteiger charge is -2.17. The second-order valence-electron chi connectivity index (χ2n) is 5.14. The highest BCUT2D eigenvalue weighted by atomic mass is 16.6. The van der Waals surface area contributed by atoms with Crippen molar-refractivity contribution >= 4 is 17.3 Å². The fourth-order valence-corrected chi connectivity index (χ4v) is 1.73. The van der Waals surface area contributed by atoms with E-state index >= 15 is 0 Å². The van der Waals surface area contributed by atoms with Crippen molar-refractivity contribution in [2.24, 2.45) is 11.8 Å². The molecule has 0 saturated carbocycles. The summed E-state index contributed by atoms with van der Waals surface area (Å²) in [6.07, 6.45) is 0. The summed E-state index contributed by atoms with van der Waals surface area (Å²) < 4.78 is 0. The van der Waals surface area contributed by atoms with E-state index in [1.165, 1.54) is 12.1 Å². The summed E-state index contributed by atoms with van der Waals surface area (Å²) in [6, 6.07) is 4.47. The van der Waals surface area contributed by atoms with Gasteiger partial charge in [0.1, 0.15) is 5.69 Å². The Hall–Kier alpha value is -2.11. The van der Waals surface area contributed by atoms with Crippen molar-refractivity contribution in [1.29, 1.82) is 0 Å². The largest absolute Gasteiger partial charge is 0.382 e. The molecule has 110 valence electrons. The first-order valence-corrected chi connectivity index (χ1v) is 6.61. The highest BCUT2D eigenvalue weighted by Crippen LogP contribution is 2.27. The maximum absolute atomic E-state index is 12.2. The third-order valence-electron chi connectivity index (χ3n) is 3.46. The topological polar surface area (TPSA) is 84.3 Å². The lowest BCUT2D eigenvalue weighted by Crippen LogP contribution is -2.30. The molecule has 20 heavy (non-hydrogen) atoms. The monoisotopic (exact) mass is 279 g/mol. The van der Waals surface area contributed by atoms with Crippen LogP contribution in [-0.4, -0.2) is 24.4 Å². The van der Waals surface area contributed by atoms with Crippen LogP contribution < -0.4 is 10.6 Å². The van der Waals surface area contributed by atoms with Crippen molar-refractivity contribution in [3.63, 3.8) is 0 Å². The molecule has 1 atom stereocenters. The van der Waals surface area contributed by atoms with Crippen LogP contribution in [0.25, 0.3) is 0 Å². The molecule has 1 unspecified atom stereocenters. The molecule has 2 N–H and O–H groups in total. The van der Waals surface area contributed by atoms with Crippen LogP contribution in [0.2, 0.25) is 0 Å². The van der Waals surface area contributed by atoms with Crippen molar-refractivity contribution in [2.45, 2.75) is 20.8 Å². The molecule has 0 heterocycles. The molecule has 1 aromatic rings. The SMILES string of the molecule is CNc1c(C(=O)NCC(C)C(C)C)cccc1[N+](=O)[O-]. The number of rotatable bonds is 6. The zero-order valence-electron chi connectivity index (χ0n) is 12.3. The molecular formula is C14H21N3O3. The third-order valence-corrected chi connectivity index (χ3v) is 3.46. The van der Waals surface area contributed by atoms with Crippen LogP contribution in [0.4, 0.5) is 11.4 Å². The van der Waals surface area contributed by atoms with Crippen molar-refractivity contribution in [1.82, 2.24) is 5.32 Å². The van der Waals surface area contributed by atoms with Gasteiger partial charge >= 0.3 is 0 Å². The molecule has 6 heteroatoms. The normalized spacial score (nSPS) is 12.1. The Balaban J connectivity index is 2.93. The van der Waals surface area contributed by atoms with Crippen LogP contribution in [0.5, 0.6) is 0 Å². The van der Waals surface area contributed by atoms with Gasteiger partial charge in [-0.2, -0.15) is 0 Å². The number of nitro benzene ring substituents is 1. The minimum atomic E-state index is -0.501. The van der Waals surface area contributed by atoms with Gasteiger partial charge < -0.3 is 10.6 Å². The van der Waals surface area contributed by atoms with Gasteiger partial charge in [0.05, 0.1) is 10.5 Å². The van der Waals surface area contributed by atoms with E-state index in [-0.39, 0.29) is 22.8 Å². The van der Waals surface area contributed by atoms with Crippen molar-refractivity contribution in [2.75, 3.05) is 18.9 Å². The Morgan fingerprint density at radius 1 is 1.35 bits per heavy atom. The van der Waals surface area contributed by atoms with Gasteiger partial charge in [-0.1, -0.05) is 26.8 Å². The maximum Gasteiger partial charge on any atom is 0.293 e. The van der Waals surface area contributed by atoms with Crippen LogP contribution in [0.1, 0.15) is 31.1 Å². The van der Waals surface area contributed by atoms with Gasteiger partial charge in [-0.05, 0) is 17.9 Å². The third kappa shape index (κ3) is 3.69. The number of benzene rings is 1. The highest BCUT2D eigenvalue weighted by molar-refractivity contribution is 6.01. The molecule has 0 radical (unpaired) electrons. The average molecular weight is 279 g/mol. The van der Waals surface area contributed by atoms with Crippen molar-refractivity contribution in [3.05, 3.63) is 33.9 Å². The van der Waals surface area contributed by atoms with E-state index in [1.807, 2.05) is 0 Å². The number of carbonyl (C=O) groups is 1. The summed E-state index contributed by atoms with van der Waals surface area (Å²) >= 11 is 0. The van der Waals surface area contributed by atoms with Gasteiger partial charge in [0, 0.05) is 19.7 Å². The Morgan fingerprint density at radius 2 is 2.00 bits per heavy atom. The number of nitro groups is 1.